The van der Waals surface area contributed by atoms with Crippen molar-refractivity contribution in [3.05, 3.63) is 59.1 Å². The summed E-state index contributed by atoms with van der Waals surface area (Å²) < 4.78 is 0. The van der Waals surface area contributed by atoms with Crippen LogP contribution in [0.5, 0.6) is 0 Å². The van der Waals surface area contributed by atoms with Gasteiger partial charge in [0, 0.05) is 36.0 Å². The van der Waals surface area contributed by atoms with E-state index in [-0.39, 0.29) is 0 Å². The van der Waals surface area contributed by atoms with Gasteiger partial charge < -0.3 is 10.2 Å². The lowest BCUT2D eigenvalue weighted by molar-refractivity contribution is 0.835. The molecular weight excluding hydrogens is 268 g/mol. The number of halogens is 1. The van der Waals surface area contributed by atoms with Gasteiger partial charge in [-0.3, -0.25) is 0 Å². The van der Waals surface area contributed by atoms with Gasteiger partial charge >= 0.3 is 0 Å². The molecule has 0 bridgehead atoms. The van der Waals surface area contributed by atoms with E-state index in [1.165, 1.54) is 11.3 Å². The van der Waals surface area contributed by atoms with Crippen molar-refractivity contribution in [3.8, 4) is 0 Å². The lowest BCUT2D eigenvalue weighted by Crippen LogP contribution is -2.28. The Kier molecular flexibility index (Phi) is 5.31. The summed E-state index contributed by atoms with van der Waals surface area (Å²) in [6.07, 6.45) is 0. The Morgan fingerprint density at radius 2 is 1.90 bits per heavy atom. The molecule has 1 N–H and O–H groups in total. The van der Waals surface area contributed by atoms with Gasteiger partial charge in [0.25, 0.3) is 0 Å². The second kappa shape index (κ2) is 7.20. The number of likely N-dealkylation sites (N-methyl/N-ethyl adjacent to an activating group) is 1. The fraction of sp³-hybridized carbons (Fsp3) is 0.294. The summed E-state index contributed by atoms with van der Waals surface area (Å²) in [5.41, 5.74) is 3.64. The maximum absolute atomic E-state index is 5.98. The van der Waals surface area contributed by atoms with Crippen LogP contribution in [-0.2, 0) is 0 Å². The van der Waals surface area contributed by atoms with Crippen molar-refractivity contribution in [1.29, 1.82) is 0 Å². The van der Waals surface area contributed by atoms with Crippen LogP contribution in [0.25, 0.3) is 0 Å². The van der Waals surface area contributed by atoms with E-state index >= 15 is 0 Å². The summed E-state index contributed by atoms with van der Waals surface area (Å²) in [4.78, 5) is 2.37. The third-order valence-corrected chi connectivity index (χ3v) is 3.52. The molecule has 0 amide bonds. The Bertz CT molecular complexity index is 554. The Morgan fingerprint density at radius 3 is 2.60 bits per heavy atom. The molecule has 3 heteroatoms. The molecule has 0 aromatic heterocycles. The Morgan fingerprint density at radius 1 is 1.10 bits per heavy atom. The summed E-state index contributed by atoms with van der Waals surface area (Å²) in [6.45, 7) is 7.17. The number of nitrogens with one attached hydrogen (secondary N) is 1. The highest BCUT2D eigenvalue weighted by molar-refractivity contribution is 6.30. The summed E-state index contributed by atoms with van der Waals surface area (Å²) >= 11 is 5.98. The first-order valence-electron chi connectivity index (χ1n) is 7.00. The molecule has 0 saturated heterocycles. The Labute approximate surface area is 126 Å². The smallest absolute Gasteiger partial charge is 0.0426 e. The molecule has 0 aliphatic carbocycles. The van der Waals surface area contributed by atoms with Gasteiger partial charge in [-0.05, 0) is 49.7 Å². The van der Waals surface area contributed by atoms with Crippen molar-refractivity contribution in [2.24, 2.45) is 0 Å². The average Bonchev–Trinajstić information content (AvgIpc) is 2.44. The molecule has 0 unspecified atom stereocenters. The highest BCUT2D eigenvalue weighted by Crippen LogP contribution is 2.17. The summed E-state index contributed by atoms with van der Waals surface area (Å²) in [5.74, 6) is 0. The van der Waals surface area contributed by atoms with E-state index in [9.17, 15) is 0 Å². The molecule has 2 aromatic carbocycles. The van der Waals surface area contributed by atoms with Crippen molar-refractivity contribution in [1.82, 2.24) is 0 Å². The zero-order valence-electron chi connectivity index (χ0n) is 12.1. The highest BCUT2D eigenvalue weighted by Gasteiger charge is 2.03. The third kappa shape index (κ3) is 4.17. The minimum Gasteiger partial charge on any atom is -0.383 e. The van der Waals surface area contributed by atoms with E-state index in [2.05, 4.69) is 48.3 Å². The van der Waals surface area contributed by atoms with Crippen LogP contribution >= 0.6 is 11.6 Å². The van der Waals surface area contributed by atoms with Gasteiger partial charge in [-0.15, -0.1) is 0 Å². The topological polar surface area (TPSA) is 15.3 Å². The van der Waals surface area contributed by atoms with E-state index in [0.29, 0.717) is 0 Å². The highest BCUT2D eigenvalue weighted by atomic mass is 35.5. The third-order valence-electron chi connectivity index (χ3n) is 3.28. The standard InChI is InChI=1S/C17H21ClN2/c1-3-20(17-9-4-6-14(2)12-17)11-10-19-16-8-5-7-15(18)13-16/h4-9,12-13,19H,3,10-11H2,1-2H3. The van der Waals surface area contributed by atoms with Crippen LogP contribution in [0.3, 0.4) is 0 Å². The number of aryl methyl sites for hydroxylation is 1. The maximum Gasteiger partial charge on any atom is 0.0426 e. The Balaban J connectivity index is 1.91. The zero-order chi connectivity index (χ0) is 14.4. The number of rotatable bonds is 6. The summed E-state index contributed by atoms with van der Waals surface area (Å²) in [6, 6.07) is 16.5. The first-order valence-corrected chi connectivity index (χ1v) is 7.38. The molecule has 0 spiro atoms. The number of benzene rings is 2. The first kappa shape index (κ1) is 14.7. The van der Waals surface area contributed by atoms with Gasteiger partial charge in [0.15, 0.2) is 0 Å². The predicted molar refractivity (Wildman–Crippen MR) is 89.0 cm³/mol. The SMILES string of the molecule is CCN(CCNc1cccc(Cl)c1)c1cccc(C)c1. The van der Waals surface area contributed by atoms with Crippen LogP contribution in [-0.4, -0.2) is 19.6 Å². The van der Waals surface area contributed by atoms with Gasteiger partial charge in [0.2, 0.25) is 0 Å². The van der Waals surface area contributed by atoms with Crippen molar-refractivity contribution in [2.75, 3.05) is 29.9 Å². The van der Waals surface area contributed by atoms with Crippen LogP contribution in [0.2, 0.25) is 5.02 Å². The number of hydrogen-bond acceptors (Lipinski definition) is 2. The lowest BCUT2D eigenvalue weighted by atomic mass is 10.2. The van der Waals surface area contributed by atoms with E-state index in [1.807, 2.05) is 24.3 Å². The molecule has 0 aliphatic rings. The molecule has 0 radical (unpaired) electrons. The molecule has 0 fully saturated rings. The van der Waals surface area contributed by atoms with Gasteiger partial charge in [-0.2, -0.15) is 0 Å². The lowest BCUT2D eigenvalue weighted by Gasteiger charge is -2.24. The monoisotopic (exact) mass is 288 g/mol. The Hall–Kier alpha value is -1.67. The first-order chi connectivity index (χ1) is 9.69. The van der Waals surface area contributed by atoms with Gasteiger partial charge in [0.1, 0.15) is 0 Å². The molecular formula is C17H21ClN2. The fourth-order valence-electron chi connectivity index (χ4n) is 2.23. The minimum atomic E-state index is 0.765. The molecule has 2 rings (SSSR count). The molecule has 0 heterocycles. The van der Waals surface area contributed by atoms with E-state index in [1.54, 1.807) is 0 Å². The molecule has 0 aliphatic heterocycles. The molecule has 20 heavy (non-hydrogen) atoms. The zero-order valence-corrected chi connectivity index (χ0v) is 12.8. The van der Waals surface area contributed by atoms with Crippen LogP contribution in [0.1, 0.15) is 12.5 Å². The van der Waals surface area contributed by atoms with E-state index < -0.39 is 0 Å². The van der Waals surface area contributed by atoms with E-state index in [4.69, 9.17) is 11.6 Å². The van der Waals surface area contributed by atoms with E-state index in [0.717, 1.165) is 30.3 Å². The van der Waals surface area contributed by atoms with Gasteiger partial charge in [-0.25, -0.2) is 0 Å². The summed E-state index contributed by atoms with van der Waals surface area (Å²) in [7, 11) is 0. The van der Waals surface area contributed by atoms with Crippen molar-refractivity contribution < 1.29 is 0 Å². The molecule has 0 atom stereocenters. The molecule has 106 valence electrons. The largest absolute Gasteiger partial charge is 0.383 e. The molecule has 2 nitrogen and oxygen atoms in total. The predicted octanol–water partition coefficient (Wildman–Crippen LogP) is 4.59. The normalized spacial score (nSPS) is 10.3. The van der Waals surface area contributed by atoms with Crippen molar-refractivity contribution in [3.63, 3.8) is 0 Å². The summed E-state index contributed by atoms with van der Waals surface area (Å²) in [5, 5.41) is 4.17. The van der Waals surface area contributed by atoms with Gasteiger partial charge in [0.05, 0.1) is 0 Å². The van der Waals surface area contributed by atoms with Crippen LogP contribution in [0, 0.1) is 6.92 Å². The second-order valence-electron chi connectivity index (χ2n) is 4.86. The van der Waals surface area contributed by atoms with Crippen LogP contribution in [0.4, 0.5) is 11.4 Å². The second-order valence-corrected chi connectivity index (χ2v) is 5.29. The van der Waals surface area contributed by atoms with Crippen molar-refractivity contribution >= 4 is 23.0 Å². The van der Waals surface area contributed by atoms with Crippen LogP contribution < -0.4 is 10.2 Å². The number of nitrogens with zero attached hydrogens (tertiary/aromatic N) is 1. The number of hydrogen-bond donors (Lipinski definition) is 1. The van der Waals surface area contributed by atoms with Crippen molar-refractivity contribution in [2.45, 2.75) is 13.8 Å². The van der Waals surface area contributed by atoms with Crippen LogP contribution in [0.15, 0.2) is 48.5 Å². The average molecular weight is 289 g/mol. The fourth-order valence-corrected chi connectivity index (χ4v) is 2.42. The molecule has 0 saturated carbocycles. The minimum absolute atomic E-state index is 0.765. The quantitative estimate of drug-likeness (QED) is 0.836. The maximum atomic E-state index is 5.98. The number of anilines is 2. The molecule has 2 aromatic rings. The van der Waals surface area contributed by atoms with Gasteiger partial charge in [-0.1, -0.05) is 29.8 Å².